The lowest BCUT2D eigenvalue weighted by Gasteiger charge is -2.27. The molecule has 1 aliphatic carbocycles. The van der Waals surface area contributed by atoms with Crippen molar-refractivity contribution in [3.63, 3.8) is 0 Å². The van der Waals surface area contributed by atoms with Gasteiger partial charge in [-0.3, -0.25) is 0 Å². The largest absolute Gasteiger partial charge is 0.480 e. The molecule has 0 bridgehead atoms. The van der Waals surface area contributed by atoms with Gasteiger partial charge in [0.25, 0.3) is 0 Å². The van der Waals surface area contributed by atoms with Crippen molar-refractivity contribution in [2.24, 2.45) is 5.92 Å². The molecule has 0 aliphatic heterocycles. The average Bonchev–Trinajstić information content (AvgIpc) is 3.06. The lowest BCUT2D eigenvalue weighted by Crippen LogP contribution is -2.45. The number of halogens is 2. The zero-order valence-electron chi connectivity index (χ0n) is 9.07. The molecule has 2 N–H and O–H groups in total. The van der Waals surface area contributed by atoms with Crippen molar-refractivity contribution in [3.05, 3.63) is 16.4 Å². The molecule has 0 spiro atoms. The van der Waals surface area contributed by atoms with Gasteiger partial charge >= 0.3 is 5.97 Å². The van der Waals surface area contributed by atoms with Crippen molar-refractivity contribution in [1.82, 2.24) is 10.2 Å². The van der Waals surface area contributed by atoms with Crippen molar-refractivity contribution >= 4 is 34.9 Å². The molecule has 1 aliphatic rings. The quantitative estimate of drug-likeness (QED) is 0.883. The molecule has 1 aromatic heterocycles. The smallest absolute Gasteiger partial charge is 0.329 e. The topological polar surface area (TPSA) is 75.1 Å². The fourth-order valence-electron chi connectivity index (χ4n) is 1.71. The monoisotopic (exact) mass is 275 g/mol. The van der Waals surface area contributed by atoms with Crippen molar-refractivity contribution in [1.29, 1.82) is 0 Å². The summed E-state index contributed by atoms with van der Waals surface area (Å²) in [5.74, 6) is -0.813. The number of aromatic nitrogens is 2. The molecule has 1 heterocycles. The average molecular weight is 276 g/mol. The van der Waals surface area contributed by atoms with Gasteiger partial charge in [-0.2, -0.15) is 0 Å². The Balaban J connectivity index is 2.29. The van der Waals surface area contributed by atoms with E-state index in [-0.39, 0.29) is 16.2 Å². The van der Waals surface area contributed by atoms with Crippen LogP contribution in [0.2, 0.25) is 10.3 Å². The zero-order valence-corrected chi connectivity index (χ0v) is 10.6. The molecule has 17 heavy (non-hydrogen) atoms. The fraction of sp³-hybridized carbons (Fsp3) is 0.500. The first kappa shape index (κ1) is 12.4. The van der Waals surface area contributed by atoms with Gasteiger partial charge in [-0.25, -0.2) is 4.79 Å². The number of carboxylic acids is 1. The van der Waals surface area contributed by atoms with Gasteiger partial charge in [-0.05, 0) is 25.7 Å². The second-order valence-corrected chi connectivity index (χ2v) is 5.02. The highest BCUT2D eigenvalue weighted by molar-refractivity contribution is 6.33. The minimum Gasteiger partial charge on any atom is -0.480 e. The van der Waals surface area contributed by atoms with Crippen LogP contribution in [0.1, 0.15) is 19.8 Å². The summed E-state index contributed by atoms with van der Waals surface area (Å²) >= 11 is 11.5. The number of carboxylic acid groups (broad SMARTS) is 1. The first-order chi connectivity index (χ1) is 7.93. The Morgan fingerprint density at radius 3 is 2.71 bits per heavy atom. The van der Waals surface area contributed by atoms with Crippen LogP contribution in [0, 0.1) is 5.92 Å². The van der Waals surface area contributed by atoms with Crippen LogP contribution >= 0.6 is 23.2 Å². The number of nitrogens with one attached hydrogen (secondary N) is 1. The van der Waals surface area contributed by atoms with E-state index in [9.17, 15) is 9.90 Å². The van der Waals surface area contributed by atoms with Crippen LogP contribution in [0.4, 0.5) is 5.69 Å². The fourth-order valence-corrected chi connectivity index (χ4v) is 2.00. The van der Waals surface area contributed by atoms with Crippen LogP contribution in [0.25, 0.3) is 0 Å². The number of nitrogens with zero attached hydrogens (tertiary/aromatic N) is 2. The van der Waals surface area contributed by atoms with Gasteiger partial charge in [0, 0.05) is 6.07 Å². The number of aliphatic carboxylic acids is 1. The van der Waals surface area contributed by atoms with Crippen LogP contribution in [0.5, 0.6) is 0 Å². The lowest BCUT2D eigenvalue weighted by atomic mass is 9.96. The van der Waals surface area contributed by atoms with E-state index in [1.54, 1.807) is 6.92 Å². The van der Waals surface area contributed by atoms with Crippen molar-refractivity contribution in [3.8, 4) is 0 Å². The Kier molecular flexibility index (Phi) is 3.14. The molecule has 0 amide bonds. The number of rotatable bonds is 4. The molecule has 1 fully saturated rings. The molecule has 1 aromatic rings. The van der Waals surface area contributed by atoms with Crippen molar-refractivity contribution < 1.29 is 9.90 Å². The summed E-state index contributed by atoms with van der Waals surface area (Å²) in [5, 5.41) is 19.7. The SMILES string of the molecule is CC(Nc1cc(Cl)nnc1Cl)(C(=O)O)C1CC1. The molecule has 2 rings (SSSR count). The molecule has 0 radical (unpaired) electrons. The van der Waals surface area contributed by atoms with Crippen LogP contribution in [-0.2, 0) is 4.79 Å². The highest BCUT2D eigenvalue weighted by Crippen LogP contribution is 2.42. The van der Waals surface area contributed by atoms with Crippen LogP contribution in [0.15, 0.2) is 6.07 Å². The lowest BCUT2D eigenvalue weighted by molar-refractivity contribution is -0.142. The van der Waals surface area contributed by atoms with E-state index >= 15 is 0 Å². The number of carbonyl (C=O) groups is 1. The first-order valence-electron chi connectivity index (χ1n) is 5.14. The van der Waals surface area contributed by atoms with Crippen LogP contribution in [0.3, 0.4) is 0 Å². The normalized spacial score (nSPS) is 18.5. The molecule has 1 saturated carbocycles. The second kappa shape index (κ2) is 4.31. The highest BCUT2D eigenvalue weighted by atomic mass is 35.5. The molecule has 0 aromatic carbocycles. The predicted octanol–water partition coefficient (Wildman–Crippen LogP) is 2.45. The third-order valence-corrected chi connectivity index (χ3v) is 3.42. The summed E-state index contributed by atoms with van der Waals surface area (Å²) < 4.78 is 0. The molecule has 5 nitrogen and oxygen atoms in total. The second-order valence-electron chi connectivity index (χ2n) is 4.28. The van der Waals surface area contributed by atoms with Gasteiger partial charge in [0.15, 0.2) is 10.3 Å². The molecular formula is C10H11Cl2N3O2. The summed E-state index contributed by atoms with van der Waals surface area (Å²) in [4.78, 5) is 11.3. The van der Waals surface area contributed by atoms with Crippen molar-refractivity contribution in [2.75, 3.05) is 5.32 Å². The minimum absolute atomic E-state index is 0.100. The summed E-state index contributed by atoms with van der Waals surface area (Å²) in [6.45, 7) is 1.64. The van der Waals surface area contributed by atoms with Crippen LogP contribution in [-0.4, -0.2) is 26.8 Å². The van der Waals surface area contributed by atoms with Gasteiger partial charge in [0.2, 0.25) is 0 Å². The molecular weight excluding hydrogens is 265 g/mol. The van der Waals surface area contributed by atoms with E-state index < -0.39 is 11.5 Å². The third-order valence-electron chi connectivity index (χ3n) is 2.95. The molecule has 1 unspecified atom stereocenters. The number of anilines is 1. The summed E-state index contributed by atoms with van der Waals surface area (Å²) in [7, 11) is 0. The molecule has 1 atom stereocenters. The summed E-state index contributed by atoms with van der Waals surface area (Å²) in [6, 6.07) is 1.47. The predicted molar refractivity (Wildman–Crippen MR) is 64.4 cm³/mol. The maximum absolute atomic E-state index is 11.3. The van der Waals surface area contributed by atoms with Crippen molar-refractivity contribution in [2.45, 2.75) is 25.3 Å². The van der Waals surface area contributed by atoms with E-state index in [2.05, 4.69) is 15.5 Å². The Bertz CT molecular complexity index is 465. The zero-order chi connectivity index (χ0) is 12.6. The highest BCUT2D eigenvalue weighted by Gasteiger charge is 2.47. The van der Waals surface area contributed by atoms with Crippen LogP contribution < -0.4 is 5.32 Å². The molecule has 7 heteroatoms. The maximum atomic E-state index is 11.3. The van der Waals surface area contributed by atoms with Gasteiger partial charge in [-0.15, -0.1) is 10.2 Å². The van der Waals surface area contributed by atoms with E-state index in [1.807, 2.05) is 0 Å². The Labute approximate surface area is 108 Å². The first-order valence-corrected chi connectivity index (χ1v) is 5.89. The van der Waals surface area contributed by atoms with Gasteiger partial charge in [0.05, 0.1) is 5.69 Å². The minimum atomic E-state index is -1.05. The number of hydrogen-bond donors (Lipinski definition) is 2. The van der Waals surface area contributed by atoms with Gasteiger partial charge in [0.1, 0.15) is 5.54 Å². The van der Waals surface area contributed by atoms with E-state index in [0.29, 0.717) is 5.69 Å². The Morgan fingerprint density at radius 1 is 1.53 bits per heavy atom. The van der Waals surface area contributed by atoms with E-state index in [4.69, 9.17) is 23.2 Å². The Hall–Kier alpha value is -1.07. The van der Waals surface area contributed by atoms with E-state index in [0.717, 1.165) is 12.8 Å². The van der Waals surface area contributed by atoms with Gasteiger partial charge < -0.3 is 10.4 Å². The van der Waals surface area contributed by atoms with Gasteiger partial charge in [-0.1, -0.05) is 23.2 Å². The third kappa shape index (κ3) is 2.45. The van der Waals surface area contributed by atoms with E-state index in [1.165, 1.54) is 6.07 Å². The molecule has 0 saturated heterocycles. The molecule has 92 valence electrons. The Morgan fingerprint density at radius 2 is 2.18 bits per heavy atom. The standard InChI is InChI=1S/C10H11Cl2N3O2/c1-10(9(16)17,5-2-3-5)13-6-4-7(11)14-15-8(6)12/h4-5H,2-3H2,1H3,(H,13,14)(H,16,17). The number of hydrogen-bond acceptors (Lipinski definition) is 4. The summed E-state index contributed by atoms with van der Waals surface area (Å²) in [5.41, 5.74) is -0.654. The maximum Gasteiger partial charge on any atom is 0.329 e. The summed E-state index contributed by atoms with van der Waals surface area (Å²) in [6.07, 6.45) is 1.78.